The fourth-order valence-electron chi connectivity index (χ4n) is 1.28. The number of hydrogen-bond donors (Lipinski definition) is 1. The summed E-state index contributed by atoms with van der Waals surface area (Å²) in [7, 11) is 0. The van der Waals surface area contributed by atoms with Gasteiger partial charge in [0.25, 0.3) is 0 Å². The molecule has 0 heterocycles. The Morgan fingerprint density at radius 2 is 2.12 bits per heavy atom. The SMILES string of the molecule is CC(C)NCc1cccc(OC(C)C#N)c1. The highest BCUT2D eigenvalue weighted by Crippen LogP contribution is 2.14. The second kappa shape index (κ2) is 6.14. The molecule has 0 aliphatic rings. The van der Waals surface area contributed by atoms with Crippen LogP contribution in [0.25, 0.3) is 0 Å². The van der Waals surface area contributed by atoms with Crippen LogP contribution in [0.2, 0.25) is 0 Å². The lowest BCUT2D eigenvalue weighted by Gasteiger charge is -2.11. The fraction of sp³-hybridized carbons (Fsp3) is 0.462. The summed E-state index contributed by atoms with van der Waals surface area (Å²) in [5, 5.41) is 12.0. The van der Waals surface area contributed by atoms with Crippen molar-refractivity contribution < 1.29 is 4.74 Å². The van der Waals surface area contributed by atoms with E-state index in [1.807, 2.05) is 30.3 Å². The molecule has 1 atom stereocenters. The van der Waals surface area contributed by atoms with Crippen molar-refractivity contribution in [1.29, 1.82) is 5.26 Å². The highest BCUT2D eigenvalue weighted by atomic mass is 16.5. The minimum absolute atomic E-state index is 0.409. The normalized spacial score (nSPS) is 12.2. The molecule has 1 aromatic carbocycles. The molecule has 16 heavy (non-hydrogen) atoms. The van der Waals surface area contributed by atoms with Gasteiger partial charge in [-0.15, -0.1) is 0 Å². The lowest BCUT2D eigenvalue weighted by Crippen LogP contribution is -2.21. The molecule has 0 aliphatic carbocycles. The van der Waals surface area contributed by atoms with Crippen LogP contribution in [0.15, 0.2) is 24.3 Å². The van der Waals surface area contributed by atoms with Crippen LogP contribution in [0, 0.1) is 11.3 Å². The van der Waals surface area contributed by atoms with Gasteiger partial charge in [-0.3, -0.25) is 0 Å². The van der Waals surface area contributed by atoms with Crippen molar-refractivity contribution in [1.82, 2.24) is 5.32 Å². The van der Waals surface area contributed by atoms with Crippen LogP contribution in [0.5, 0.6) is 5.75 Å². The van der Waals surface area contributed by atoms with Gasteiger partial charge in [0.2, 0.25) is 0 Å². The van der Waals surface area contributed by atoms with Gasteiger partial charge in [0.05, 0.1) is 0 Å². The largest absolute Gasteiger partial charge is 0.476 e. The second-order valence-corrected chi connectivity index (χ2v) is 4.07. The van der Waals surface area contributed by atoms with E-state index in [0.29, 0.717) is 6.04 Å². The molecule has 0 aliphatic heterocycles. The average Bonchev–Trinajstić information content (AvgIpc) is 2.26. The first kappa shape index (κ1) is 12.5. The monoisotopic (exact) mass is 218 g/mol. The summed E-state index contributed by atoms with van der Waals surface area (Å²) in [5.41, 5.74) is 1.16. The molecule has 3 nitrogen and oxygen atoms in total. The molecular formula is C13H18N2O. The van der Waals surface area contributed by atoms with Crippen molar-refractivity contribution in [3.05, 3.63) is 29.8 Å². The van der Waals surface area contributed by atoms with E-state index in [9.17, 15) is 0 Å². The van der Waals surface area contributed by atoms with Gasteiger partial charge in [-0.1, -0.05) is 26.0 Å². The maximum absolute atomic E-state index is 8.65. The number of rotatable bonds is 5. The van der Waals surface area contributed by atoms with Gasteiger partial charge in [-0.05, 0) is 24.6 Å². The number of hydrogen-bond acceptors (Lipinski definition) is 3. The standard InChI is InChI=1S/C13H18N2O/c1-10(2)15-9-12-5-4-6-13(7-12)16-11(3)8-14/h4-7,10-11,15H,9H2,1-3H3. The minimum Gasteiger partial charge on any atom is -0.476 e. The molecule has 1 rings (SSSR count). The molecule has 3 heteroatoms. The van der Waals surface area contributed by atoms with Crippen LogP contribution in [0.1, 0.15) is 26.3 Å². The van der Waals surface area contributed by atoms with Crippen molar-refractivity contribution >= 4 is 0 Å². The Labute approximate surface area is 97.0 Å². The predicted octanol–water partition coefficient (Wildman–Crippen LogP) is 2.48. The van der Waals surface area contributed by atoms with Gasteiger partial charge in [-0.25, -0.2) is 0 Å². The van der Waals surface area contributed by atoms with E-state index >= 15 is 0 Å². The number of nitrogens with one attached hydrogen (secondary N) is 1. The van der Waals surface area contributed by atoms with Crippen molar-refractivity contribution in [2.45, 2.75) is 39.5 Å². The molecule has 0 fully saturated rings. The molecule has 1 unspecified atom stereocenters. The highest BCUT2D eigenvalue weighted by molar-refractivity contribution is 5.29. The zero-order valence-corrected chi connectivity index (χ0v) is 10.0. The summed E-state index contributed by atoms with van der Waals surface area (Å²) in [6, 6.07) is 10.3. The molecule has 1 aromatic rings. The topological polar surface area (TPSA) is 45.0 Å². The summed E-state index contributed by atoms with van der Waals surface area (Å²) in [4.78, 5) is 0. The van der Waals surface area contributed by atoms with Crippen LogP contribution in [-0.2, 0) is 6.54 Å². The highest BCUT2D eigenvalue weighted by Gasteiger charge is 2.02. The average molecular weight is 218 g/mol. The zero-order valence-electron chi connectivity index (χ0n) is 10.0. The van der Waals surface area contributed by atoms with E-state index < -0.39 is 6.10 Å². The van der Waals surface area contributed by atoms with Gasteiger partial charge in [0, 0.05) is 12.6 Å². The minimum atomic E-state index is -0.409. The maximum Gasteiger partial charge on any atom is 0.181 e. The number of ether oxygens (including phenoxy) is 1. The summed E-state index contributed by atoms with van der Waals surface area (Å²) >= 11 is 0. The van der Waals surface area contributed by atoms with Crippen molar-refractivity contribution in [2.75, 3.05) is 0 Å². The van der Waals surface area contributed by atoms with Gasteiger partial charge in [0.15, 0.2) is 6.10 Å². The third-order valence-corrected chi connectivity index (χ3v) is 2.11. The van der Waals surface area contributed by atoms with Gasteiger partial charge in [-0.2, -0.15) is 5.26 Å². The Kier molecular flexibility index (Phi) is 4.81. The molecule has 0 amide bonds. The van der Waals surface area contributed by atoms with E-state index in [-0.39, 0.29) is 0 Å². The fourth-order valence-corrected chi connectivity index (χ4v) is 1.28. The molecular weight excluding hydrogens is 200 g/mol. The van der Waals surface area contributed by atoms with E-state index in [4.69, 9.17) is 10.00 Å². The molecule has 0 saturated carbocycles. The summed E-state index contributed by atoms with van der Waals surface area (Å²) in [5.74, 6) is 0.747. The first-order valence-corrected chi connectivity index (χ1v) is 5.50. The van der Waals surface area contributed by atoms with Crippen LogP contribution in [0.3, 0.4) is 0 Å². The maximum atomic E-state index is 8.65. The Morgan fingerprint density at radius 3 is 2.75 bits per heavy atom. The molecule has 1 N–H and O–H groups in total. The summed E-state index contributed by atoms with van der Waals surface area (Å²) in [6.45, 7) is 6.77. The van der Waals surface area contributed by atoms with Crippen LogP contribution in [-0.4, -0.2) is 12.1 Å². The Bertz CT molecular complexity index is 368. The summed E-state index contributed by atoms with van der Waals surface area (Å²) in [6.07, 6.45) is -0.409. The predicted molar refractivity (Wildman–Crippen MR) is 64.1 cm³/mol. The van der Waals surface area contributed by atoms with Crippen LogP contribution >= 0.6 is 0 Å². The molecule has 86 valence electrons. The van der Waals surface area contributed by atoms with E-state index in [0.717, 1.165) is 17.9 Å². The molecule has 0 saturated heterocycles. The van der Waals surface area contributed by atoms with Crippen molar-refractivity contribution in [3.8, 4) is 11.8 Å². The van der Waals surface area contributed by atoms with E-state index in [1.54, 1.807) is 6.92 Å². The Balaban J connectivity index is 2.61. The van der Waals surface area contributed by atoms with Gasteiger partial charge >= 0.3 is 0 Å². The van der Waals surface area contributed by atoms with Crippen molar-refractivity contribution in [2.24, 2.45) is 0 Å². The van der Waals surface area contributed by atoms with Gasteiger partial charge in [0.1, 0.15) is 11.8 Å². The molecule has 0 radical (unpaired) electrons. The number of benzene rings is 1. The van der Waals surface area contributed by atoms with E-state index in [2.05, 4.69) is 19.2 Å². The Hall–Kier alpha value is -1.53. The van der Waals surface area contributed by atoms with Crippen LogP contribution < -0.4 is 10.1 Å². The molecule has 0 bridgehead atoms. The van der Waals surface area contributed by atoms with E-state index in [1.165, 1.54) is 0 Å². The molecule has 0 spiro atoms. The van der Waals surface area contributed by atoms with Crippen LogP contribution in [0.4, 0.5) is 0 Å². The summed E-state index contributed by atoms with van der Waals surface area (Å²) < 4.78 is 5.42. The van der Waals surface area contributed by atoms with Gasteiger partial charge < -0.3 is 10.1 Å². The van der Waals surface area contributed by atoms with Crippen molar-refractivity contribution in [3.63, 3.8) is 0 Å². The number of nitrogens with zero attached hydrogens (tertiary/aromatic N) is 1. The first-order valence-electron chi connectivity index (χ1n) is 5.50. The molecule has 0 aromatic heterocycles. The zero-order chi connectivity index (χ0) is 12.0. The quantitative estimate of drug-likeness (QED) is 0.825. The second-order valence-electron chi connectivity index (χ2n) is 4.07. The number of nitriles is 1. The lowest BCUT2D eigenvalue weighted by molar-refractivity contribution is 0.276. The lowest BCUT2D eigenvalue weighted by atomic mass is 10.2. The Morgan fingerprint density at radius 1 is 1.38 bits per heavy atom. The third-order valence-electron chi connectivity index (χ3n) is 2.11. The third kappa shape index (κ3) is 4.33. The first-order chi connectivity index (χ1) is 7.61. The smallest absolute Gasteiger partial charge is 0.181 e.